The highest BCUT2D eigenvalue weighted by molar-refractivity contribution is 7.91. The number of hydrogen-bond donors (Lipinski definition) is 1. The summed E-state index contributed by atoms with van der Waals surface area (Å²) in [6, 6.07) is 4.26. The molecule has 3 nitrogen and oxygen atoms in total. The van der Waals surface area contributed by atoms with Gasteiger partial charge in [0.2, 0.25) is 0 Å². The Hall–Kier alpha value is -0.390. The number of rotatable bonds is 6. The quantitative estimate of drug-likeness (QED) is 0.854. The summed E-state index contributed by atoms with van der Waals surface area (Å²) < 4.78 is 22.9. The van der Waals surface area contributed by atoms with Crippen LogP contribution in [-0.2, 0) is 9.84 Å². The van der Waals surface area contributed by atoms with Crippen molar-refractivity contribution in [3.8, 4) is 0 Å². The lowest BCUT2D eigenvalue weighted by Gasteiger charge is -2.18. The third-order valence-electron chi connectivity index (χ3n) is 2.45. The van der Waals surface area contributed by atoms with E-state index in [1.165, 1.54) is 4.88 Å². The summed E-state index contributed by atoms with van der Waals surface area (Å²) in [7, 11) is -2.89. The van der Waals surface area contributed by atoms with Crippen molar-refractivity contribution in [2.75, 3.05) is 11.5 Å². The third-order valence-corrected chi connectivity index (χ3v) is 5.39. The highest BCUT2D eigenvalue weighted by Crippen LogP contribution is 2.18. The zero-order valence-electron chi connectivity index (χ0n) is 9.93. The van der Waals surface area contributed by atoms with Crippen LogP contribution in [0.25, 0.3) is 0 Å². The Kier molecular flexibility index (Phi) is 4.95. The zero-order valence-corrected chi connectivity index (χ0v) is 11.6. The van der Waals surface area contributed by atoms with Crippen molar-refractivity contribution < 1.29 is 8.42 Å². The predicted octanol–water partition coefficient (Wildman–Crippen LogP) is 2.22. The molecule has 0 spiro atoms. The fraction of sp³-hybridized carbons (Fsp3) is 0.636. The number of nitrogens with one attached hydrogen (secondary N) is 1. The van der Waals surface area contributed by atoms with Gasteiger partial charge in [0.25, 0.3) is 0 Å². The van der Waals surface area contributed by atoms with Gasteiger partial charge < -0.3 is 5.32 Å². The third kappa shape index (κ3) is 4.23. The van der Waals surface area contributed by atoms with Gasteiger partial charge in [-0.15, -0.1) is 11.3 Å². The first-order valence-electron chi connectivity index (χ1n) is 5.44. The molecular formula is C11H19NO2S2. The molecule has 0 aliphatic heterocycles. The van der Waals surface area contributed by atoms with E-state index < -0.39 is 9.84 Å². The van der Waals surface area contributed by atoms with Crippen molar-refractivity contribution >= 4 is 21.2 Å². The summed E-state index contributed by atoms with van der Waals surface area (Å²) in [5, 5.41) is 5.33. The average Bonchev–Trinajstić information content (AvgIpc) is 2.69. The maximum absolute atomic E-state index is 11.4. The second-order valence-electron chi connectivity index (χ2n) is 4.00. The molecule has 0 bridgehead atoms. The Labute approximate surface area is 102 Å². The summed E-state index contributed by atoms with van der Waals surface area (Å²) in [6.07, 6.45) is 0. The molecule has 1 N–H and O–H groups in total. The van der Waals surface area contributed by atoms with Gasteiger partial charge in [0.05, 0.1) is 5.75 Å². The fourth-order valence-corrected chi connectivity index (χ4v) is 3.43. The van der Waals surface area contributed by atoms with Crippen LogP contribution >= 0.6 is 11.3 Å². The average molecular weight is 261 g/mol. The normalized spacial score (nSPS) is 15.9. The minimum absolute atomic E-state index is 0.0120. The molecule has 1 unspecified atom stereocenters. The molecule has 92 valence electrons. The van der Waals surface area contributed by atoms with Crippen LogP contribution in [0.15, 0.2) is 17.5 Å². The van der Waals surface area contributed by atoms with E-state index in [0.29, 0.717) is 0 Å². The van der Waals surface area contributed by atoms with Crippen LogP contribution in [-0.4, -0.2) is 26.0 Å². The van der Waals surface area contributed by atoms with Gasteiger partial charge in [0.15, 0.2) is 9.84 Å². The monoisotopic (exact) mass is 261 g/mol. The first-order valence-corrected chi connectivity index (χ1v) is 8.14. The van der Waals surface area contributed by atoms with E-state index in [-0.39, 0.29) is 23.6 Å². The Morgan fingerprint density at radius 3 is 2.62 bits per heavy atom. The molecule has 16 heavy (non-hydrogen) atoms. The SMILES string of the molecule is CCS(=O)(=O)CC(C)N[C@H](C)c1cccs1. The Morgan fingerprint density at radius 1 is 1.44 bits per heavy atom. The van der Waals surface area contributed by atoms with Gasteiger partial charge in [-0.25, -0.2) is 8.42 Å². The van der Waals surface area contributed by atoms with Gasteiger partial charge in [-0.2, -0.15) is 0 Å². The van der Waals surface area contributed by atoms with Crippen LogP contribution in [0.4, 0.5) is 0 Å². The van der Waals surface area contributed by atoms with Gasteiger partial charge in [-0.3, -0.25) is 0 Å². The van der Waals surface area contributed by atoms with Crippen LogP contribution < -0.4 is 5.32 Å². The van der Waals surface area contributed by atoms with E-state index in [2.05, 4.69) is 18.3 Å². The number of hydrogen-bond acceptors (Lipinski definition) is 4. The lowest BCUT2D eigenvalue weighted by Crippen LogP contribution is -2.35. The summed E-state index contributed by atoms with van der Waals surface area (Å²) >= 11 is 1.68. The Morgan fingerprint density at radius 2 is 2.12 bits per heavy atom. The van der Waals surface area contributed by atoms with E-state index in [9.17, 15) is 8.42 Å². The van der Waals surface area contributed by atoms with E-state index >= 15 is 0 Å². The first-order chi connectivity index (χ1) is 7.44. The predicted molar refractivity (Wildman–Crippen MR) is 69.7 cm³/mol. The molecule has 1 aromatic rings. The van der Waals surface area contributed by atoms with Crippen molar-refractivity contribution in [3.63, 3.8) is 0 Å². The molecule has 0 aliphatic carbocycles. The minimum Gasteiger partial charge on any atom is -0.306 e. The van der Waals surface area contributed by atoms with Crippen LogP contribution in [0.5, 0.6) is 0 Å². The van der Waals surface area contributed by atoms with Gasteiger partial charge in [0.1, 0.15) is 0 Å². The maximum atomic E-state index is 11.4. The van der Waals surface area contributed by atoms with E-state index in [1.54, 1.807) is 18.3 Å². The highest BCUT2D eigenvalue weighted by atomic mass is 32.2. The minimum atomic E-state index is -2.89. The summed E-state index contributed by atoms with van der Waals surface area (Å²) in [4.78, 5) is 1.24. The molecule has 0 saturated carbocycles. The maximum Gasteiger partial charge on any atom is 0.151 e. The van der Waals surface area contributed by atoms with Gasteiger partial charge in [-0.1, -0.05) is 13.0 Å². The second kappa shape index (κ2) is 5.80. The van der Waals surface area contributed by atoms with Crippen molar-refractivity contribution in [2.24, 2.45) is 0 Å². The van der Waals surface area contributed by atoms with Gasteiger partial charge in [-0.05, 0) is 25.3 Å². The van der Waals surface area contributed by atoms with E-state index in [1.807, 2.05) is 18.4 Å². The molecular weight excluding hydrogens is 242 g/mol. The largest absolute Gasteiger partial charge is 0.306 e. The summed E-state index contributed by atoms with van der Waals surface area (Å²) in [5.74, 6) is 0.422. The molecule has 0 amide bonds. The van der Waals surface area contributed by atoms with Crippen molar-refractivity contribution in [3.05, 3.63) is 22.4 Å². The number of sulfone groups is 1. The zero-order chi connectivity index (χ0) is 12.2. The molecule has 0 fully saturated rings. The molecule has 2 atom stereocenters. The first kappa shape index (κ1) is 13.7. The summed E-state index contributed by atoms with van der Waals surface area (Å²) in [6.45, 7) is 5.66. The topological polar surface area (TPSA) is 46.2 Å². The standard InChI is InChI=1S/C11H19NO2S2/c1-4-16(13,14)8-9(2)12-10(3)11-6-5-7-15-11/h5-7,9-10,12H,4,8H2,1-3H3/t9?,10-/m1/s1. The number of thiophene rings is 1. The fourth-order valence-electron chi connectivity index (χ4n) is 1.59. The second-order valence-corrected chi connectivity index (χ2v) is 7.38. The molecule has 5 heteroatoms. The van der Waals surface area contributed by atoms with Gasteiger partial charge in [0, 0.05) is 22.7 Å². The molecule has 1 heterocycles. The van der Waals surface area contributed by atoms with Gasteiger partial charge >= 0.3 is 0 Å². The van der Waals surface area contributed by atoms with Crippen LogP contribution in [0.2, 0.25) is 0 Å². The van der Waals surface area contributed by atoms with E-state index in [0.717, 1.165) is 0 Å². The molecule has 1 rings (SSSR count). The van der Waals surface area contributed by atoms with Crippen molar-refractivity contribution in [1.82, 2.24) is 5.32 Å². The Bertz CT molecular complexity index is 398. The van der Waals surface area contributed by atoms with Crippen molar-refractivity contribution in [2.45, 2.75) is 32.9 Å². The molecule has 0 radical (unpaired) electrons. The molecule has 0 saturated heterocycles. The lowest BCUT2D eigenvalue weighted by molar-refractivity contribution is 0.504. The lowest BCUT2D eigenvalue weighted by atomic mass is 10.2. The summed E-state index contributed by atoms with van der Waals surface area (Å²) in [5.41, 5.74) is 0. The molecule has 0 aromatic carbocycles. The van der Waals surface area contributed by atoms with E-state index in [4.69, 9.17) is 0 Å². The molecule has 0 aliphatic rings. The van der Waals surface area contributed by atoms with Crippen LogP contribution in [0.1, 0.15) is 31.7 Å². The molecule has 1 aromatic heterocycles. The van der Waals surface area contributed by atoms with Crippen LogP contribution in [0.3, 0.4) is 0 Å². The highest BCUT2D eigenvalue weighted by Gasteiger charge is 2.16. The smallest absolute Gasteiger partial charge is 0.151 e. The van der Waals surface area contributed by atoms with Crippen molar-refractivity contribution in [1.29, 1.82) is 0 Å². The van der Waals surface area contributed by atoms with Crippen LogP contribution in [0, 0.1) is 0 Å². The Balaban J connectivity index is 2.49.